The van der Waals surface area contributed by atoms with Crippen molar-refractivity contribution in [2.24, 2.45) is 5.92 Å². The Labute approximate surface area is 360 Å². The molecule has 1 atom stereocenters. The van der Waals surface area contributed by atoms with E-state index in [-0.39, 0.29) is 49.0 Å². The van der Waals surface area contributed by atoms with Gasteiger partial charge in [-0.05, 0) is 112 Å². The molecule has 2 aliphatic carbocycles. The van der Waals surface area contributed by atoms with E-state index in [4.69, 9.17) is 21.3 Å². The molecule has 1 aromatic heterocycles. The third-order valence-electron chi connectivity index (χ3n) is 13.8. The number of carbonyl (C=O) groups is 4. The van der Waals surface area contributed by atoms with Gasteiger partial charge in [-0.15, -0.1) is 6.58 Å². The van der Waals surface area contributed by atoms with Gasteiger partial charge in [-0.25, -0.2) is 4.39 Å². The Morgan fingerprint density at radius 2 is 1.70 bits per heavy atom. The van der Waals surface area contributed by atoms with E-state index in [0.717, 1.165) is 82.4 Å². The smallest absolute Gasteiger partial charge is 0.256 e. The molecular weight excluding hydrogens is 797 g/mol. The number of halogens is 2. The first-order valence-corrected chi connectivity index (χ1v) is 21.8. The van der Waals surface area contributed by atoms with Crippen molar-refractivity contribution in [2.45, 2.75) is 95.0 Å². The number of piperazine rings is 1. The Hall–Kier alpha value is -5.58. The van der Waals surface area contributed by atoms with E-state index in [9.17, 15) is 24.4 Å². The van der Waals surface area contributed by atoms with Crippen LogP contribution in [0.15, 0.2) is 60.7 Å². The standard InChI is InChI=1S/C47H49ClFN7O5/c1-2-47(15-13-34(14-16-47)61-35-9-7-31(25-50)38(48)23-35)56-28-40-36(46(56)60)10-8-33(51-40)21-29-3-5-30(6-4-29)26-53-17-19-54(20-18-53)42-24-37-32(22-39(42)49)27-55(45(37)59)41-11-12-43(57)52-44(41)58/h2,7-10,21-24,30,34,41H,1,3-6,11-20,26-28H2,(H,52,57,58). The molecule has 2 saturated carbocycles. The summed E-state index contributed by atoms with van der Waals surface area (Å²) in [7, 11) is 0. The van der Waals surface area contributed by atoms with Crippen LogP contribution in [0.4, 0.5) is 10.1 Å². The molecule has 316 valence electrons. The van der Waals surface area contributed by atoms with Crippen LogP contribution in [0.1, 0.15) is 107 Å². The van der Waals surface area contributed by atoms with Gasteiger partial charge in [0.1, 0.15) is 23.7 Å². The second-order valence-corrected chi connectivity index (χ2v) is 17.8. The summed E-state index contributed by atoms with van der Waals surface area (Å²) in [5.74, 6) is -0.284. The van der Waals surface area contributed by atoms with Gasteiger partial charge in [-0.3, -0.25) is 34.4 Å². The normalized spacial score (nSPS) is 25.6. The monoisotopic (exact) mass is 845 g/mol. The van der Waals surface area contributed by atoms with Crippen LogP contribution >= 0.6 is 11.6 Å². The topological polar surface area (TPSA) is 139 Å². The molecule has 12 nitrogen and oxygen atoms in total. The number of nitrogens with one attached hydrogen (secondary N) is 1. The number of nitrogens with zero attached hydrogens (tertiary/aromatic N) is 6. The van der Waals surface area contributed by atoms with Crippen LogP contribution in [0, 0.1) is 23.1 Å². The third kappa shape index (κ3) is 8.04. The Morgan fingerprint density at radius 3 is 2.41 bits per heavy atom. The molecule has 2 saturated heterocycles. The largest absolute Gasteiger partial charge is 0.490 e. The Morgan fingerprint density at radius 1 is 0.934 bits per heavy atom. The summed E-state index contributed by atoms with van der Waals surface area (Å²) >= 11 is 6.22. The van der Waals surface area contributed by atoms with Crippen molar-refractivity contribution in [2.75, 3.05) is 37.6 Å². The van der Waals surface area contributed by atoms with Crippen molar-refractivity contribution in [3.63, 3.8) is 0 Å². The maximum atomic E-state index is 15.5. The Kier molecular flexibility index (Phi) is 11.2. The van der Waals surface area contributed by atoms with Crippen molar-refractivity contribution in [1.82, 2.24) is 25.0 Å². The first-order chi connectivity index (χ1) is 29.5. The molecule has 0 spiro atoms. The number of imide groups is 1. The van der Waals surface area contributed by atoms with Crippen molar-refractivity contribution in [1.29, 1.82) is 5.26 Å². The van der Waals surface area contributed by atoms with Crippen LogP contribution in [0.3, 0.4) is 0 Å². The van der Waals surface area contributed by atoms with E-state index in [1.807, 2.05) is 28.0 Å². The number of hydrogen-bond donors (Lipinski definition) is 1. The van der Waals surface area contributed by atoms with E-state index >= 15 is 4.39 Å². The van der Waals surface area contributed by atoms with Gasteiger partial charge in [0.05, 0.1) is 51.4 Å². The van der Waals surface area contributed by atoms with Crippen molar-refractivity contribution >= 4 is 47.0 Å². The van der Waals surface area contributed by atoms with Gasteiger partial charge in [-0.1, -0.05) is 23.3 Å². The zero-order valence-electron chi connectivity index (χ0n) is 34.1. The molecule has 4 amide bonds. The Balaban J connectivity index is 0.749. The zero-order valence-corrected chi connectivity index (χ0v) is 34.9. The third-order valence-corrected chi connectivity index (χ3v) is 14.1. The van der Waals surface area contributed by atoms with Crippen molar-refractivity contribution < 1.29 is 28.3 Å². The van der Waals surface area contributed by atoms with E-state index in [1.165, 1.54) is 16.5 Å². The van der Waals surface area contributed by atoms with Gasteiger partial charge in [0.2, 0.25) is 11.8 Å². The highest BCUT2D eigenvalue weighted by molar-refractivity contribution is 6.31. The summed E-state index contributed by atoms with van der Waals surface area (Å²) < 4.78 is 21.7. The molecular formula is C47H49ClFN7O5. The minimum absolute atomic E-state index is 0.00734. The highest BCUT2D eigenvalue weighted by Gasteiger charge is 2.45. The molecule has 0 radical (unpaired) electrons. The van der Waals surface area contributed by atoms with Crippen LogP contribution in [-0.2, 0) is 22.7 Å². The average molecular weight is 846 g/mol. The number of nitriles is 1. The second kappa shape index (κ2) is 16.7. The minimum Gasteiger partial charge on any atom is -0.490 e. The fraction of sp³-hybridized carbons (Fsp3) is 0.447. The highest BCUT2D eigenvalue weighted by Crippen LogP contribution is 2.41. The molecule has 2 aromatic carbocycles. The number of carbonyl (C=O) groups excluding carboxylic acids is 4. The fourth-order valence-electron chi connectivity index (χ4n) is 10.2. The van der Waals surface area contributed by atoms with E-state index < -0.39 is 17.5 Å². The van der Waals surface area contributed by atoms with Gasteiger partial charge < -0.3 is 19.4 Å². The molecule has 5 heterocycles. The van der Waals surface area contributed by atoms with E-state index in [0.29, 0.717) is 64.3 Å². The van der Waals surface area contributed by atoms with E-state index in [2.05, 4.69) is 28.9 Å². The van der Waals surface area contributed by atoms with Crippen LogP contribution in [0.2, 0.25) is 5.02 Å². The molecule has 9 rings (SSSR count). The van der Waals surface area contributed by atoms with Gasteiger partial charge in [-0.2, -0.15) is 5.26 Å². The Bertz CT molecular complexity index is 2370. The number of piperidine rings is 1. The summed E-state index contributed by atoms with van der Waals surface area (Å²) in [6.45, 7) is 8.67. The lowest BCUT2D eigenvalue weighted by atomic mass is 9.79. The quantitative estimate of drug-likeness (QED) is 0.182. The number of hydrogen-bond acceptors (Lipinski definition) is 9. The van der Waals surface area contributed by atoms with E-state index in [1.54, 1.807) is 24.3 Å². The fourth-order valence-corrected chi connectivity index (χ4v) is 10.4. The molecule has 14 heteroatoms. The lowest BCUT2D eigenvalue weighted by Crippen LogP contribution is -2.52. The number of fused-ring (bicyclic) bond motifs is 2. The van der Waals surface area contributed by atoms with Crippen molar-refractivity contribution in [3.05, 3.63) is 105 Å². The summed E-state index contributed by atoms with van der Waals surface area (Å²) in [5.41, 5.74) is 5.06. The number of allylic oxidation sites excluding steroid dienone is 1. The predicted octanol–water partition coefficient (Wildman–Crippen LogP) is 6.80. The average Bonchev–Trinajstić information content (AvgIpc) is 3.76. The molecule has 1 unspecified atom stereocenters. The number of benzene rings is 2. The first-order valence-electron chi connectivity index (χ1n) is 21.5. The number of pyridine rings is 1. The van der Waals surface area contributed by atoms with Gasteiger partial charge in [0.25, 0.3) is 11.8 Å². The zero-order chi connectivity index (χ0) is 42.4. The number of aromatic nitrogens is 1. The van der Waals surface area contributed by atoms with Crippen LogP contribution < -0.4 is 15.0 Å². The lowest BCUT2D eigenvalue weighted by molar-refractivity contribution is -0.136. The molecule has 6 aliphatic rings. The summed E-state index contributed by atoms with van der Waals surface area (Å²) in [6, 6.07) is 13.4. The van der Waals surface area contributed by atoms with Gasteiger partial charge in [0, 0.05) is 57.3 Å². The van der Waals surface area contributed by atoms with Crippen LogP contribution in [0.5, 0.6) is 5.75 Å². The summed E-state index contributed by atoms with van der Waals surface area (Å²) in [5, 5.41) is 11.9. The van der Waals surface area contributed by atoms with Crippen LogP contribution in [0.25, 0.3) is 6.08 Å². The van der Waals surface area contributed by atoms with Gasteiger partial charge >= 0.3 is 0 Å². The van der Waals surface area contributed by atoms with Crippen molar-refractivity contribution in [3.8, 4) is 11.8 Å². The molecule has 0 bridgehead atoms. The number of ether oxygens (including phenoxy) is 1. The molecule has 4 fully saturated rings. The molecule has 3 aromatic rings. The molecule has 4 aliphatic heterocycles. The summed E-state index contributed by atoms with van der Waals surface area (Å²) in [4.78, 5) is 64.1. The molecule has 1 N–H and O–H groups in total. The van der Waals surface area contributed by atoms with Crippen LogP contribution in [-0.4, -0.2) is 93.7 Å². The summed E-state index contributed by atoms with van der Waals surface area (Å²) in [6.07, 6.45) is 11.6. The maximum absolute atomic E-state index is 15.5. The molecule has 61 heavy (non-hydrogen) atoms. The number of anilines is 1. The second-order valence-electron chi connectivity index (χ2n) is 17.4. The number of rotatable bonds is 9. The first kappa shape index (κ1) is 40.8. The minimum atomic E-state index is -0.729. The van der Waals surface area contributed by atoms with Gasteiger partial charge in [0.15, 0.2) is 0 Å². The maximum Gasteiger partial charge on any atom is 0.256 e. The lowest BCUT2D eigenvalue weighted by Gasteiger charge is -2.44. The number of amides is 4. The SMILES string of the molecule is C=CC1(N2Cc3nc(C=C4CCC(CN5CCN(c6cc7c(cc6F)CN(C6CCC(=O)NC6=O)C7=O)CC5)CC4)ccc3C2=O)CCC(Oc2ccc(C#N)c(Cl)c2)CC1. The highest BCUT2D eigenvalue weighted by atomic mass is 35.5. The predicted molar refractivity (Wildman–Crippen MR) is 227 cm³/mol.